The van der Waals surface area contributed by atoms with Gasteiger partial charge in [0.1, 0.15) is 25.1 Å². The highest BCUT2D eigenvalue weighted by Crippen LogP contribution is 2.34. The summed E-state index contributed by atoms with van der Waals surface area (Å²) in [6.45, 7) is 5.79. The van der Waals surface area contributed by atoms with Gasteiger partial charge in [-0.2, -0.15) is 0 Å². The van der Waals surface area contributed by atoms with Crippen molar-refractivity contribution in [1.29, 1.82) is 0 Å². The molecule has 27 heavy (non-hydrogen) atoms. The Kier molecular flexibility index (Phi) is 5.22. The molecule has 1 N–H and O–H groups in total. The van der Waals surface area contributed by atoms with Crippen molar-refractivity contribution in [3.63, 3.8) is 0 Å². The molecule has 1 unspecified atom stereocenters. The maximum Gasteiger partial charge on any atom is 0.245 e. The molecule has 142 valence electrons. The first-order valence-electron chi connectivity index (χ1n) is 9.24. The van der Waals surface area contributed by atoms with Crippen LogP contribution in [-0.2, 0) is 9.53 Å². The van der Waals surface area contributed by atoms with E-state index in [0.29, 0.717) is 38.0 Å². The van der Waals surface area contributed by atoms with Gasteiger partial charge in [0, 0.05) is 12.1 Å². The fraction of sp³-hybridized carbons (Fsp3) is 0.400. The predicted molar refractivity (Wildman–Crippen MR) is 101 cm³/mol. The number of rotatable bonds is 4. The number of carbonyl (C=O) groups is 1. The number of pyridine rings is 1. The van der Waals surface area contributed by atoms with Crippen molar-refractivity contribution in [2.45, 2.75) is 13.0 Å². The molecule has 3 heterocycles. The van der Waals surface area contributed by atoms with Crippen molar-refractivity contribution in [3.05, 3.63) is 36.4 Å². The quantitative estimate of drug-likeness (QED) is 0.891. The molecule has 0 saturated carbocycles. The lowest BCUT2D eigenvalue weighted by atomic mass is 10.1. The van der Waals surface area contributed by atoms with Crippen LogP contribution in [0.4, 0.5) is 5.82 Å². The van der Waals surface area contributed by atoms with Crippen LogP contribution >= 0.6 is 0 Å². The number of fused-ring (bicyclic) bond motifs is 1. The number of carbonyl (C=O) groups excluding carboxylic acids is 1. The summed E-state index contributed by atoms with van der Waals surface area (Å²) in [6, 6.07) is 11.0. The van der Waals surface area contributed by atoms with Crippen molar-refractivity contribution in [2.24, 2.45) is 0 Å². The lowest BCUT2D eigenvalue weighted by Crippen LogP contribution is -2.51. The summed E-state index contributed by atoms with van der Waals surface area (Å²) >= 11 is 0. The smallest absolute Gasteiger partial charge is 0.245 e. The number of likely N-dealkylation sites (N-methyl/N-ethyl adjacent to an activating group) is 1. The highest BCUT2D eigenvalue weighted by molar-refractivity contribution is 5.94. The Morgan fingerprint density at radius 1 is 1.19 bits per heavy atom. The molecule has 0 radical (unpaired) electrons. The third kappa shape index (κ3) is 3.89. The van der Waals surface area contributed by atoms with Crippen molar-refractivity contribution < 1.29 is 19.0 Å². The molecule has 4 rings (SSSR count). The molecule has 1 aromatic heterocycles. The molecular weight excluding hydrogens is 346 g/mol. The molecular formula is C20H23N3O4. The van der Waals surface area contributed by atoms with Crippen LogP contribution in [0, 0.1) is 0 Å². The van der Waals surface area contributed by atoms with Crippen LogP contribution in [0.15, 0.2) is 36.4 Å². The van der Waals surface area contributed by atoms with Gasteiger partial charge in [0.25, 0.3) is 0 Å². The van der Waals surface area contributed by atoms with Gasteiger partial charge in [0.2, 0.25) is 5.91 Å². The second kappa shape index (κ2) is 7.94. The average Bonchev–Trinajstić information content (AvgIpc) is 2.73. The standard InChI is InChI=1S/C20H23N3O4/c1-2-23-8-9-25-13-16(23)20(24)22-19-5-3-4-15(21-19)14-6-7-17-18(12-14)27-11-10-26-17/h3-7,12,16H,2,8-11,13H2,1H3,(H,21,22,24). The second-order valence-electron chi connectivity index (χ2n) is 6.48. The van der Waals surface area contributed by atoms with Crippen LogP contribution in [0.1, 0.15) is 6.92 Å². The number of benzene rings is 1. The van der Waals surface area contributed by atoms with E-state index in [1.807, 2.05) is 37.3 Å². The van der Waals surface area contributed by atoms with Crippen molar-refractivity contribution >= 4 is 11.7 Å². The number of nitrogens with one attached hydrogen (secondary N) is 1. The van der Waals surface area contributed by atoms with E-state index in [1.165, 1.54) is 0 Å². The van der Waals surface area contributed by atoms with Gasteiger partial charge in [-0.15, -0.1) is 0 Å². The number of morpholine rings is 1. The lowest BCUT2D eigenvalue weighted by Gasteiger charge is -2.33. The number of hydrogen-bond donors (Lipinski definition) is 1. The minimum Gasteiger partial charge on any atom is -0.486 e. The summed E-state index contributed by atoms with van der Waals surface area (Å²) < 4.78 is 16.7. The maximum absolute atomic E-state index is 12.7. The van der Waals surface area contributed by atoms with Crippen LogP contribution in [0.2, 0.25) is 0 Å². The number of hydrogen-bond acceptors (Lipinski definition) is 6. The third-order valence-electron chi connectivity index (χ3n) is 4.79. The van der Waals surface area contributed by atoms with Crippen LogP contribution in [0.5, 0.6) is 11.5 Å². The van der Waals surface area contributed by atoms with Crippen LogP contribution < -0.4 is 14.8 Å². The molecule has 0 aliphatic carbocycles. The molecule has 1 fully saturated rings. The third-order valence-corrected chi connectivity index (χ3v) is 4.79. The number of amides is 1. The largest absolute Gasteiger partial charge is 0.486 e. The van der Waals surface area contributed by atoms with E-state index >= 15 is 0 Å². The second-order valence-corrected chi connectivity index (χ2v) is 6.48. The summed E-state index contributed by atoms with van der Waals surface area (Å²) in [5.41, 5.74) is 1.67. The monoisotopic (exact) mass is 369 g/mol. The molecule has 1 atom stereocenters. The minimum absolute atomic E-state index is 0.0941. The summed E-state index contributed by atoms with van der Waals surface area (Å²) in [7, 11) is 0. The number of nitrogens with zero attached hydrogens (tertiary/aromatic N) is 2. The fourth-order valence-electron chi connectivity index (χ4n) is 3.34. The van der Waals surface area contributed by atoms with Gasteiger partial charge in [-0.1, -0.05) is 13.0 Å². The zero-order valence-electron chi connectivity index (χ0n) is 15.3. The SMILES string of the molecule is CCN1CCOCC1C(=O)Nc1cccc(-c2ccc3c(c2)OCCO3)n1. The molecule has 0 spiro atoms. The summed E-state index contributed by atoms with van der Waals surface area (Å²) in [4.78, 5) is 19.4. The highest BCUT2D eigenvalue weighted by Gasteiger charge is 2.28. The van der Waals surface area contributed by atoms with Crippen LogP contribution in [0.3, 0.4) is 0 Å². The normalized spacial score (nSPS) is 19.5. The van der Waals surface area contributed by atoms with E-state index in [4.69, 9.17) is 14.2 Å². The average molecular weight is 369 g/mol. The molecule has 1 aromatic carbocycles. The molecule has 7 heteroatoms. The topological polar surface area (TPSA) is 72.9 Å². The first-order valence-corrected chi connectivity index (χ1v) is 9.24. The lowest BCUT2D eigenvalue weighted by molar-refractivity contribution is -0.127. The van der Waals surface area contributed by atoms with E-state index in [9.17, 15) is 4.79 Å². The summed E-state index contributed by atoms with van der Waals surface area (Å²) in [5, 5.41) is 2.92. The molecule has 2 aliphatic heterocycles. The Hall–Kier alpha value is -2.64. The zero-order chi connectivity index (χ0) is 18.6. The van der Waals surface area contributed by atoms with E-state index in [-0.39, 0.29) is 11.9 Å². The highest BCUT2D eigenvalue weighted by atomic mass is 16.6. The summed E-state index contributed by atoms with van der Waals surface area (Å²) in [5.74, 6) is 1.89. The zero-order valence-corrected chi connectivity index (χ0v) is 15.3. The van der Waals surface area contributed by atoms with E-state index in [2.05, 4.69) is 15.2 Å². The molecule has 7 nitrogen and oxygen atoms in total. The Balaban J connectivity index is 1.51. The Bertz CT molecular complexity index is 827. The number of aromatic nitrogens is 1. The minimum atomic E-state index is -0.288. The molecule has 2 aliphatic rings. The van der Waals surface area contributed by atoms with Crippen molar-refractivity contribution in [1.82, 2.24) is 9.88 Å². The van der Waals surface area contributed by atoms with Crippen LogP contribution in [0.25, 0.3) is 11.3 Å². The number of ether oxygens (including phenoxy) is 3. The van der Waals surface area contributed by atoms with Crippen LogP contribution in [-0.4, -0.2) is 61.3 Å². The van der Waals surface area contributed by atoms with E-state index in [0.717, 1.165) is 30.1 Å². The molecule has 1 saturated heterocycles. The van der Waals surface area contributed by atoms with Gasteiger partial charge in [-0.3, -0.25) is 9.69 Å². The summed E-state index contributed by atoms with van der Waals surface area (Å²) in [6.07, 6.45) is 0. The van der Waals surface area contributed by atoms with Gasteiger partial charge >= 0.3 is 0 Å². The Labute approximate surface area is 158 Å². The predicted octanol–water partition coefficient (Wildman–Crippen LogP) is 2.18. The maximum atomic E-state index is 12.7. The van der Waals surface area contributed by atoms with Gasteiger partial charge in [-0.25, -0.2) is 4.98 Å². The van der Waals surface area contributed by atoms with Gasteiger partial charge in [0.15, 0.2) is 11.5 Å². The van der Waals surface area contributed by atoms with Crippen molar-refractivity contribution in [2.75, 3.05) is 44.8 Å². The Morgan fingerprint density at radius 3 is 2.89 bits per heavy atom. The van der Waals surface area contributed by atoms with Gasteiger partial charge in [-0.05, 0) is 36.9 Å². The molecule has 1 amide bonds. The van der Waals surface area contributed by atoms with Gasteiger partial charge in [0.05, 0.1) is 18.9 Å². The van der Waals surface area contributed by atoms with E-state index < -0.39 is 0 Å². The molecule has 0 bridgehead atoms. The Morgan fingerprint density at radius 2 is 2.04 bits per heavy atom. The number of anilines is 1. The van der Waals surface area contributed by atoms with Gasteiger partial charge < -0.3 is 19.5 Å². The molecule has 2 aromatic rings. The first-order chi connectivity index (χ1) is 13.2. The van der Waals surface area contributed by atoms with E-state index in [1.54, 1.807) is 6.07 Å². The fourth-order valence-corrected chi connectivity index (χ4v) is 3.34. The first kappa shape index (κ1) is 17.8. The van der Waals surface area contributed by atoms with Crippen molar-refractivity contribution in [3.8, 4) is 22.8 Å².